The predicted molar refractivity (Wildman–Crippen MR) is 180 cm³/mol. The lowest BCUT2D eigenvalue weighted by Gasteiger charge is -2.41. The van der Waals surface area contributed by atoms with Crippen molar-refractivity contribution in [3.63, 3.8) is 0 Å². The summed E-state index contributed by atoms with van der Waals surface area (Å²) in [6.07, 6.45) is -2.41. The molecule has 49 heavy (non-hydrogen) atoms. The van der Waals surface area contributed by atoms with Crippen LogP contribution in [0, 0.1) is 5.92 Å². The summed E-state index contributed by atoms with van der Waals surface area (Å²) in [6, 6.07) is 11.8. The Bertz CT molecular complexity index is 1680. The Morgan fingerprint density at radius 2 is 1.57 bits per heavy atom. The van der Waals surface area contributed by atoms with Crippen LogP contribution < -0.4 is 16.7 Å². The maximum Gasteiger partial charge on any atom is 0.418 e. The second-order valence-electron chi connectivity index (χ2n) is 13.2. The molecule has 0 aliphatic carbocycles. The third-order valence-electron chi connectivity index (χ3n) is 10.0. The third kappa shape index (κ3) is 8.13. The van der Waals surface area contributed by atoms with Crippen molar-refractivity contribution < 1.29 is 22.8 Å². The molecule has 4 N–H and O–H groups in total. The van der Waals surface area contributed by atoms with E-state index in [1.165, 1.54) is 10.7 Å². The van der Waals surface area contributed by atoms with E-state index in [9.17, 15) is 27.6 Å². The van der Waals surface area contributed by atoms with E-state index < -0.39 is 23.3 Å². The van der Waals surface area contributed by atoms with E-state index in [0.29, 0.717) is 50.9 Å². The molecule has 0 radical (unpaired) electrons. The summed E-state index contributed by atoms with van der Waals surface area (Å²) in [4.78, 5) is 49.2. The van der Waals surface area contributed by atoms with E-state index in [1.54, 1.807) is 9.80 Å². The Hall–Kier alpha value is -3.88. The fourth-order valence-electron chi connectivity index (χ4n) is 7.32. The minimum absolute atomic E-state index is 0.0905. The number of nitrogens with two attached hydrogens (primary N) is 1. The number of nitrogen functional groups attached to an aromatic ring is 1. The summed E-state index contributed by atoms with van der Waals surface area (Å²) >= 11 is 6.13. The predicted octanol–water partition coefficient (Wildman–Crippen LogP) is 3.80. The van der Waals surface area contributed by atoms with Gasteiger partial charge in [-0.1, -0.05) is 41.9 Å². The number of benzene rings is 2. The highest BCUT2D eigenvalue weighted by Crippen LogP contribution is 2.38. The Morgan fingerprint density at radius 1 is 0.939 bits per heavy atom. The second-order valence-corrected chi connectivity index (χ2v) is 13.6. The van der Waals surface area contributed by atoms with Crippen LogP contribution in [0.1, 0.15) is 49.3 Å². The van der Waals surface area contributed by atoms with Gasteiger partial charge in [0.1, 0.15) is 0 Å². The zero-order valence-corrected chi connectivity index (χ0v) is 28.0. The first kappa shape index (κ1) is 35.0. The molecule has 0 bridgehead atoms. The number of nitrogens with one attached hydrogen (secondary N) is 2. The third-order valence-corrected chi connectivity index (χ3v) is 10.4. The van der Waals surface area contributed by atoms with E-state index in [4.69, 9.17) is 17.3 Å². The van der Waals surface area contributed by atoms with Gasteiger partial charge in [-0.3, -0.25) is 19.5 Å². The van der Waals surface area contributed by atoms with Gasteiger partial charge >= 0.3 is 11.9 Å². The molecule has 4 heterocycles. The van der Waals surface area contributed by atoms with E-state index in [-0.39, 0.29) is 47.0 Å². The molecule has 2 aromatic carbocycles. The van der Waals surface area contributed by atoms with Crippen molar-refractivity contribution in [1.82, 2.24) is 34.8 Å². The number of hydrogen-bond acceptors (Lipinski definition) is 7. The Labute approximate surface area is 287 Å². The number of anilines is 1. The van der Waals surface area contributed by atoms with Gasteiger partial charge in [-0.05, 0) is 49.8 Å². The Balaban J connectivity index is 1.14. The molecule has 2 amide bonds. The lowest BCUT2D eigenvalue weighted by atomic mass is 9.91. The van der Waals surface area contributed by atoms with Crippen molar-refractivity contribution in [1.29, 1.82) is 0 Å². The normalized spacial score (nSPS) is 19.3. The van der Waals surface area contributed by atoms with Crippen LogP contribution in [0.4, 0.5) is 18.9 Å². The minimum atomic E-state index is -4.73. The van der Waals surface area contributed by atoms with Gasteiger partial charge in [0.25, 0.3) is 0 Å². The largest absolute Gasteiger partial charge is 0.418 e. The molecule has 15 heteroatoms. The van der Waals surface area contributed by atoms with E-state index in [0.717, 1.165) is 50.7 Å². The average Bonchev–Trinajstić information content (AvgIpc) is 3.51. The molecule has 0 spiro atoms. The molecule has 1 atom stereocenters. The maximum atomic E-state index is 14.0. The van der Waals surface area contributed by atoms with Crippen LogP contribution in [0.3, 0.4) is 0 Å². The van der Waals surface area contributed by atoms with Gasteiger partial charge in [0, 0.05) is 70.4 Å². The van der Waals surface area contributed by atoms with Gasteiger partial charge in [-0.25, -0.2) is 9.48 Å². The zero-order chi connectivity index (χ0) is 34.7. The molecule has 3 aromatic rings. The van der Waals surface area contributed by atoms with Gasteiger partial charge in [-0.15, -0.1) is 5.10 Å². The smallest absolute Gasteiger partial charge is 0.397 e. The molecule has 3 fully saturated rings. The fraction of sp³-hybridized carbons (Fsp3) is 0.529. The fourth-order valence-corrected chi connectivity index (χ4v) is 7.57. The summed E-state index contributed by atoms with van der Waals surface area (Å²) in [6.45, 7) is 5.50. The minimum Gasteiger partial charge on any atom is -0.397 e. The van der Waals surface area contributed by atoms with Crippen molar-refractivity contribution in [2.75, 3.05) is 58.1 Å². The number of likely N-dealkylation sites (tertiary alicyclic amines) is 2. The van der Waals surface area contributed by atoms with Gasteiger partial charge < -0.3 is 20.9 Å². The molecule has 0 unspecified atom stereocenters. The summed E-state index contributed by atoms with van der Waals surface area (Å²) < 4.78 is 42.8. The highest BCUT2D eigenvalue weighted by atomic mass is 35.5. The van der Waals surface area contributed by atoms with Crippen LogP contribution in [0.25, 0.3) is 11.4 Å². The number of carbonyl (C=O) groups is 2. The first-order chi connectivity index (χ1) is 23.5. The molecule has 6 rings (SSSR count). The van der Waals surface area contributed by atoms with Crippen molar-refractivity contribution in [2.24, 2.45) is 5.92 Å². The maximum absolute atomic E-state index is 14.0. The lowest BCUT2D eigenvalue weighted by molar-refractivity contribution is -0.143. The van der Waals surface area contributed by atoms with Crippen molar-refractivity contribution in [3.05, 3.63) is 69.1 Å². The number of nitrogens with zero attached hydrogens (tertiary/aromatic N) is 5. The van der Waals surface area contributed by atoms with Gasteiger partial charge in [0.2, 0.25) is 11.8 Å². The van der Waals surface area contributed by atoms with Crippen LogP contribution in [0.15, 0.2) is 47.3 Å². The molecule has 3 aliphatic rings. The summed E-state index contributed by atoms with van der Waals surface area (Å²) in [5.41, 5.74) is 4.70. The molecule has 1 aromatic heterocycles. The summed E-state index contributed by atoms with van der Waals surface area (Å²) in [5, 5.41) is 7.62. The molecule has 11 nitrogen and oxygen atoms in total. The quantitative estimate of drug-likeness (QED) is 0.305. The number of aromatic nitrogens is 3. The summed E-state index contributed by atoms with van der Waals surface area (Å²) in [5.74, 6) is -0.924. The number of carbonyl (C=O) groups excluding carboxylic acids is 2. The zero-order valence-electron chi connectivity index (χ0n) is 27.2. The standard InChI is InChI=1S/C34H42ClF3N8O3/c35-28-20-22(19-27(30(28)39)34(36,37)38)18-24(32(48)45-14-6-25(7-15-45)43-16-10-40-11-17-43)21-29(47)44-12-8-26(9-13-44)46-33(49)41-31(42-46)23-4-2-1-3-5-23/h1-5,19-20,24-26,40H,6-18,21,39H2,(H,41,42,49)/t24-/m0/s1. The van der Waals surface area contributed by atoms with Gasteiger partial charge in [0.05, 0.1) is 28.2 Å². The molecule has 264 valence electrons. The van der Waals surface area contributed by atoms with E-state index in [1.807, 2.05) is 30.3 Å². The second kappa shape index (κ2) is 14.9. The molecule has 3 aliphatic heterocycles. The SMILES string of the molecule is Nc1c(Cl)cc(C[C@@H](CC(=O)N2CCC(n3nc(-c4ccccc4)[nH]c3=O)CC2)C(=O)N2CCC(N3CCNCC3)CC2)cc1C(F)(F)F. The summed E-state index contributed by atoms with van der Waals surface area (Å²) in [7, 11) is 0. The van der Waals surface area contributed by atoms with Crippen LogP contribution >= 0.6 is 11.6 Å². The Morgan fingerprint density at radius 3 is 2.22 bits per heavy atom. The monoisotopic (exact) mass is 702 g/mol. The highest BCUT2D eigenvalue weighted by Gasteiger charge is 2.37. The number of hydrogen-bond donors (Lipinski definition) is 3. The number of aromatic amines is 1. The van der Waals surface area contributed by atoms with Crippen LogP contribution in [-0.2, 0) is 22.2 Å². The van der Waals surface area contributed by atoms with Crippen molar-refractivity contribution >= 4 is 29.1 Å². The van der Waals surface area contributed by atoms with Crippen molar-refractivity contribution in [2.45, 2.75) is 56.8 Å². The molecule has 0 saturated carbocycles. The molecular weight excluding hydrogens is 661 g/mol. The van der Waals surface area contributed by atoms with Gasteiger partial charge in [0.15, 0.2) is 5.82 Å². The number of alkyl halides is 3. The van der Waals surface area contributed by atoms with E-state index >= 15 is 0 Å². The van der Waals surface area contributed by atoms with Crippen molar-refractivity contribution in [3.8, 4) is 11.4 Å². The number of piperidine rings is 2. The first-order valence-electron chi connectivity index (χ1n) is 16.9. The highest BCUT2D eigenvalue weighted by molar-refractivity contribution is 6.33. The first-order valence-corrected chi connectivity index (χ1v) is 17.3. The lowest BCUT2D eigenvalue weighted by Crippen LogP contribution is -2.53. The number of H-pyrrole nitrogens is 1. The number of piperazine rings is 1. The molecular formula is C34H42ClF3N8O3. The van der Waals surface area contributed by atoms with Crippen LogP contribution in [-0.4, -0.2) is 99.7 Å². The van der Waals surface area contributed by atoms with Gasteiger partial charge in [-0.2, -0.15) is 13.2 Å². The molecule has 3 saturated heterocycles. The number of halogens is 4. The van der Waals surface area contributed by atoms with Crippen LogP contribution in [0.2, 0.25) is 5.02 Å². The number of rotatable bonds is 8. The van der Waals surface area contributed by atoms with Crippen LogP contribution in [0.5, 0.6) is 0 Å². The topological polar surface area (TPSA) is 133 Å². The van der Waals surface area contributed by atoms with E-state index in [2.05, 4.69) is 20.3 Å². The average molecular weight is 703 g/mol. The number of amides is 2. The Kier molecular flexibility index (Phi) is 10.7.